The standard InChI is InChI=1S/C8H18N2O.ClH/c1-10(2,11)8-5-3-7(9)4-6-8;/h7-8H,3-6,9H2,1-2H3;1H/t7-,8-;. The van der Waals surface area contributed by atoms with Crippen molar-refractivity contribution in [1.82, 2.24) is 0 Å². The summed E-state index contributed by atoms with van der Waals surface area (Å²) in [6, 6.07) is 0.632. The Morgan fingerprint density at radius 1 is 1.17 bits per heavy atom. The molecule has 2 N–H and O–H groups in total. The SMILES string of the molecule is C[N+](C)([O-])[C@H]1CC[C@H](N)CC1.Cl. The first-order chi connectivity index (χ1) is 5.00. The highest BCUT2D eigenvalue weighted by molar-refractivity contribution is 5.85. The summed E-state index contributed by atoms with van der Waals surface area (Å²) in [5, 5.41) is 11.5. The van der Waals surface area contributed by atoms with E-state index in [2.05, 4.69) is 0 Å². The molecule has 74 valence electrons. The molecule has 1 saturated carbocycles. The number of halogens is 1. The molecule has 0 radical (unpaired) electrons. The fourth-order valence-electron chi connectivity index (χ4n) is 1.72. The Bertz CT molecular complexity index is 128. The Morgan fingerprint density at radius 2 is 1.58 bits per heavy atom. The zero-order valence-corrected chi connectivity index (χ0v) is 8.64. The van der Waals surface area contributed by atoms with Crippen molar-refractivity contribution >= 4 is 12.4 Å². The molecule has 0 bridgehead atoms. The van der Waals surface area contributed by atoms with Crippen LogP contribution in [0.2, 0.25) is 0 Å². The summed E-state index contributed by atoms with van der Waals surface area (Å²) in [6.07, 6.45) is 4.04. The molecule has 0 atom stereocenters. The van der Waals surface area contributed by atoms with Gasteiger partial charge in [0.1, 0.15) is 0 Å². The summed E-state index contributed by atoms with van der Waals surface area (Å²) in [5.41, 5.74) is 5.73. The zero-order chi connectivity index (χ0) is 8.48. The molecule has 0 aliphatic heterocycles. The molecule has 12 heavy (non-hydrogen) atoms. The lowest BCUT2D eigenvalue weighted by Gasteiger charge is -2.44. The third kappa shape index (κ3) is 3.27. The smallest absolute Gasteiger partial charge is 0.0884 e. The van der Waals surface area contributed by atoms with Crippen LogP contribution in [0.5, 0.6) is 0 Å². The van der Waals surface area contributed by atoms with Crippen molar-refractivity contribution in [2.75, 3.05) is 14.1 Å². The first kappa shape index (κ1) is 12.2. The van der Waals surface area contributed by atoms with Crippen LogP contribution in [0.15, 0.2) is 0 Å². The second-order valence-electron chi connectivity index (χ2n) is 4.00. The number of hydrogen-bond donors (Lipinski definition) is 1. The van der Waals surface area contributed by atoms with Gasteiger partial charge in [-0.2, -0.15) is 0 Å². The van der Waals surface area contributed by atoms with Crippen LogP contribution < -0.4 is 5.73 Å². The van der Waals surface area contributed by atoms with E-state index in [1.165, 1.54) is 0 Å². The molecule has 0 aromatic heterocycles. The topological polar surface area (TPSA) is 49.1 Å². The minimum absolute atomic E-state index is 0. The number of quaternary nitrogens is 1. The molecule has 1 aliphatic rings. The van der Waals surface area contributed by atoms with Crippen molar-refractivity contribution < 1.29 is 4.65 Å². The first-order valence-electron chi connectivity index (χ1n) is 4.30. The summed E-state index contributed by atoms with van der Waals surface area (Å²) in [4.78, 5) is 0. The maximum Gasteiger partial charge on any atom is 0.0884 e. The largest absolute Gasteiger partial charge is 0.633 e. The molecule has 0 amide bonds. The van der Waals surface area contributed by atoms with Gasteiger partial charge in [0.2, 0.25) is 0 Å². The van der Waals surface area contributed by atoms with Crippen molar-refractivity contribution in [3.8, 4) is 0 Å². The Morgan fingerprint density at radius 3 is 1.92 bits per heavy atom. The van der Waals surface area contributed by atoms with Crippen LogP contribution in [0.3, 0.4) is 0 Å². The van der Waals surface area contributed by atoms with E-state index >= 15 is 0 Å². The molecule has 0 aromatic carbocycles. The number of nitrogens with zero attached hydrogens (tertiary/aromatic N) is 1. The van der Waals surface area contributed by atoms with Gasteiger partial charge in [-0.25, -0.2) is 0 Å². The molecule has 1 aliphatic carbocycles. The fourth-order valence-corrected chi connectivity index (χ4v) is 1.72. The minimum atomic E-state index is -0.146. The van der Waals surface area contributed by atoms with Gasteiger partial charge < -0.3 is 15.6 Å². The Kier molecular flexibility index (Phi) is 4.48. The predicted molar refractivity (Wildman–Crippen MR) is 53.0 cm³/mol. The number of rotatable bonds is 1. The van der Waals surface area contributed by atoms with Crippen molar-refractivity contribution in [1.29, 1.82) is 0 Å². The van der Waals surface area contributed by atoms with Gasteiger partial charge in [0.15, 0.2) is 0 Å². The van der Waals surface area contributed by atoms with E-state index in [4.69, 9.17) is 5.73 Å². The van der Waals surface area contributed by atoms with E-state index in [1.807, 2.05) is 0 Å². The number of hydroxylamine groups is 3. The first-order valence-corrected chi connectivity index (χ1v) is 4.30. The molecule has 0 spiro atoms. The molecule has 0 unspecified atom stereocenters. The van der Waals surface area contributed by atoms with Crippen LogP contribution in [0, 0.1) is 5.21 Å². The van der Waals surface area contributed by atoms with Gasteiger partial charge in [-0.3, -0.25) is 0 Å². The maximum atomic E-state index is 11.5. The summed E-state index contributed by atoms with van der Waals surface area (Å²) in [7, 11) is 3.45. The summed E-state index contributed by atoms with van der Waals surface area (Å²) in [6.45, 7) is 0. The van der Waals surface area contributed by atoms with E-state index < -0.39 is 0 Å². The monoisotopic (exact) mass is 194 g/mol. The maximum absolute atomic E-state index is 11.5. The Labute approximate surface area is 80.5 Å². The van der Waals surface area contributed by atoms with Crippen LogP contribution in [0.25, 0.3) is 0 Å². The van der Waals surface area contributed by atoms with Crippen molar-refractivity contribution in [3.05, 3.63) is 5.21 Å². The normalized spacial score (nSPS) is 31.0. The van der Waals surface area contributed by atoms with E-state index in [0.29, 0.717) is 6.04 Å². The highest BCUT2D eigenvalue weighted by atomic mass is 35.5. The number of nitrogens with two attached hydrogens (primary N) is 1. The van der Waals surface area contributed by atoms with E-state index in [0.717, 1.165) is 25.7 Å². The molecule has 3 nitrogen and oxygen atoms in total. The highest BCUT2D eigenvalue weighted by Crippen LogP contribution is 2.23. The summed E-state index contributed by atoms with van der Waals surface area (Å²) >= 11 is 0. The zero-order valence-electron chi connectivity index (χ0n) is 7.82. The molecule has 4 heteroatoms. The Balaban J connectivity index is 0.00000121. The third-order valence-electron chi connectivity index (χ3n) is 2.62. The Hall–Kier alpha value is 0.170. The molecule has 0 aromatic rings. The average Bonchev–Trinajstić information content (AvgIpc) is 1.86. The van der Waals surface area contributed by atoms with Crippen molar-refractivity contribution in [2.45, 2.75) is 37.8 Å². The van der Waals surface area contributed by atoms with Gasteiger partial charge in [0, 0.05) is 18.9 Å². The summed E-state index contributed by atoms with van der Waals surface area (Å²) in [5.74, 6) is 0. The predicted octanol–water partition coefficient (Wildman–Crippen LogP) is 1.25. The van der Waals surface area contributed by atoms with E-state index in [9.17, 15) is 5.21 Å². The highest BCUT2D eigenvalue weighted by Gasteiger charge is 2.25. The van der Waals surface area contributed by atoms with Gasteiger partial charge in [-0.05, 0) is 12.8 Å². The van der Waals surface area contributed by atoms with Gasteiger partial charge in [-0.1, -0.05) is 0 Å². The fraction of sp³-hybridized carbons (Fsp3) is 1.00. The second kappa shape index (κ2) is 4.42. The van der Waals surface area contributed by atoms with Crippen LogP contribution in [-0.4, -0.2) is 30.8 Å². The summed E-state index contributed by atoms with van der Waals surface area (Å²) < 4.78 is -0.146. The van der Waals surface area contributed by atoms with Crippen LogP contribution in [0.1, 0.15) is 25.7 Å². The third-order valence-corrected chi connectivity index (χ3v) is 2.62. The van der Waals surface area contributed by atoms with Gasteiger partial charge >= 0.3 is 0 Å². The second-order valence-corrected chi connectivity index (χ2v) is 4.00. The average molecular weight is 195 g/mol. The lowest BCUT2D eigenvalue weighted by Crippen LogP contribution is -2.46. The number of hydrogen-bond acceptors (Lipinski definition) is 2. The molecule has 0 saturated heterocycles. The molecular weight excluding hydrogens is 176 g/mol. The van der Waals surface area contributed by atoms with Crippen LogP contribution in [-0.2, 0) is 0 Å². The van der Waals surface area contributed by atoms with Crippen LogP contribution >= 0.6 is 12.4 Å². The lowest BCUT2D eigenvalue weighted by atomic mass is 9.91. The van der Waals surface area contributed by atoms with Crippen LogP contribution in [0.4, 0.5) is 0 Å². The van der Waals surface area contributed by atoms with Crippen molar-refractivity contribution in [3.63, 3.8) is 0 Å². The molecular formula is C8H19ClN2O. The van der Waals surface area contributed by atoms with Gasteiger partial charge in [0.05, 0.1) is 20.1 Å². The van der Waals surface area contributed by atoms with E-state index in [1.54, 1.807) is 14.1 Å². The van der Waals surface area contributed by atoms with Crippen molar-refractivity contribution in [2.24, 2.45) is 5.73 Å². The minimum Gasteiger partial charge on any atom is -0.633 e. The molecule has 1 rings (SSSR count). The van der Waals surface area contributed by atoms with Gasteiger partial charge in [0.25, 0.3) is 0 Å². The van der Waals surface area contributed by atoms with E-state index in [-0.39, 0.29) is 23.1 Å². The lowest BCUT2D eigenvalue weighted by molar-refractivity contribution is -0.868. The molecule has 1 fully saturated rings. The molecule has 0 heterocycles. The quantitative estimate of drug-likeness (QED) is 0.505. The van der Waals surface area contributed by atoms with Gasteiger partial charge in [-0.15, -0.1) is 12.4 Å².